The molecule has 0 aliphatic carbocycles. The van der Waals surface area contributed by atoms with E-state index in [1.54, 1.807) is 22.9 Å². The number of anilines is 1. The fraction of sp³-hybridized carbons (Fsp3) is 0.222. The number of halogens is 1. The van der Waals surface area contributed by atoms with E-state index in [0.29, 0.717) is 24.7 Å². The van der Waals surface area contributed by atoms with Crippen LogP contribution in [0.1, 0.15) is 21.7 Å². The Morgan fingerprint density at radius 1 is 1.12 bits per heavy atom. The van der Waals surface area contributed by atoms with Crippen molar-refractivity contribution in [2.45, 2.75) is 13.8 Å². The average Bonchev–Trinajstić information content (AvgIpc) is 2.97. The molecule has 2 N–H and O–H groups in total. The Balaban J connectivity index is 1.50. The lowest BCUT2D eigenvalue weighted by Gasteiger charge is -2.08. The van der Waals surface area contributed by atoms with Gasteiger partial charge in [0.25, 0.3) is 5.91 Å². The molecule has 0 radical (unpaired) electrons. The Morgan fingerprint density at radius 3 is 2.58 bits per heavy atom. The Bertz CT molecular complexity index is 906. The van der Waals surface area contributed by atoms with Gasteiger partial charge in [-0.2, -0.15) is 5.10 Å². The lowest BCUT2D eigenvalue weighted by atomic mass is 10.2. The van der Waals surface area contributed by atoms with E-state index in [1.165, 1.54) is 12.1 Å². The van der Waals surface area contributed by atoms with Gasteiger partial charge in [-0.25, -0.2) is 9.07 Å². The number of rotatable bonds is 6. The van der Waals surface area contributed by atoms with Crippen LogP contribution in [0, 0.1) is 19.7 Å². The van der Waals surface area contributed by atoms with E-state index in [1.807, 2.05) is 26.0 Å². The number of carbonyl (C=O) groups is 1. The second-order valence-electron chi connectivity index (χ2n) is 5.78. The molecule has 3 rings (SSSR count). The van der Waals surface area contributed by atoms with E-state index in [2.05, 4.69) is 25.9 Å². The number of nitrogens with zero attached hydrogens (tertiary/aromatic N) is 4. The Labute approximate surface area is 150 Å². The van der Waals surface area contributed by atoms with Gasteiger partial charge in [0.1, 0.15) is 11.6 Å². The standard InChI is InChI=1S/C18H19FN6O/c1-12-11-13(2)25(24-12)17-8-7-16(22-23-17)20-9-10-21-18(26)14-5-3-4-6-15(14)19/h3-8,11H,9-10H2,1-2H3,(H,20,22)(H,21,26). The molecule has 0 bridgehead atoms. The van der Waals surface area contributed by atoms with E-state index in [9.17, 15) is 9.18 Å². The van der Waals surface area contributed by atoms with E-state index in [4.69, 9.17) is 0 Å². The first-order chi connectivity index (χ1) is 12.5. The summed E-state index contributed by atoms with van der Waals surface area (Å²) in [5, 5.41) is 18.3. The van der Waals surface area contributed by atoms with E-state index >= 15 is 0 Å². The zero-order valence-electron chi connectivity index (χ0n) is 14.5. The molecule has 8 heteroatoms. The highest BCUT2D eigenvalue weighted by atomic mass is 19.1. The highest BCUT2D eigenvalue weighted by Crippen LogP contribution is 2.10. The van der Waals surface area contributed by atoms with Crippen LogP contribution in [0.25, 0.3) is 5.82 Å². The van der Waals surface area contributed by atoms with Crippen LogP contribution in [-0.4, -0.2) is 39.0 Å². The van der Waals surface area contributed by atoms with Crippen molar-refractivity contribution in [2.75, 3.05) is 18.4 Å². The fourth-order valence-electron chi connectivity index (χ4n) is 2.50. The van der Waals surface area contributed by atoms with Crippen LogP contribution in [0.5, 0.6) is 0 Å². The Hall–Kier alpha value is -3.29. The molecule has 3 aromatic rings. The molecule has 0 spiro atoms. The summed E-state index contributed by atoms with van der Waals surface area (Å²) in [6, 6.07) is 11.4. The SMILES string of the molecule is Cc1cc(C)n(-c2ccc(NCCNC(=O)c3ccccc3F)nn2)n1. The smallest absolute Gasteiger partial charge is 0.254 e. The normalized spacial score (nSPS) is 10.6. The molecular weight excluding hydrogens is 335 g/mol. The topological polar surface area (TPSA) is 84.7 Å². The van der Waals surface area contributed by atoms with Crippen LogP contribution in [-0.2, 0) is 0 Å². The van der Waals surface area contributed by atoms with Crippen LogP contribution in [0.2, 0.25) is 0 Å². The number of amides is 1. The maximum Gasteiger partial charge on any atom is 0.254 e. The summed E-state index contributed by atoms with van der Waals surface area (Å²) in [5.74, 6) is 0.226. The second-order valence-corrected chi connectivity index (χ2v) is 5.78. The lowest BCUT2D eigenvalue weighted by Crippen LogP contribution is -2.29. The number of hydrogen-bond donors (Lipinski definition) is 2. The van der Waals surface area contributed by atoms with Crippen LogP contribution >= 0.6 is 0 Å². The Morgan fingerprint density at radius 2 is 1.92 bits per heavy atom. The highest BCUT2D eigenvalue weighted by Gasteiger charge is 2.10. The largest absolute Gasteiger partial charge is 0.367 e. The molecule has 2 heterocycles. The van der Waals surface area contributed by atoms with Crippen molar-refractivity contribution in [3.63, 3.8) is 0 Å². The van der Waals surface area contributed by atoms with Crippen molar-refractivity contribution < 1.29 is 9.18 Å². The Kier molecular flexibility index (Phi) is 5.21. The summed E-state index contributed by atoms with van der Waals surface area (Å²) in [6.07, 6.45) is 0. The van der Waals surface area contributed by atoms with E-state index in [-0.39, 0.29) is 5.56 Å². The minimum absolute atomic E-state index is 0.0292. The zero-order chi connectivity index (χ0) is 18.5. The molecule has 1 aromatic carbocycles. The summed E-state index contributed by atoms with van der Waals surface area (Å²) >= 11 is 0. The van der Waals surface area contributed by atoms with Gasteiger partial charge >= 0.3 is 0 Å². The van der Waals surface area contributed by atoms with Gasteiger partial charge in [-0.15, -0.1) is 10.2 Å². The first-order valence-corrected chi connectivity index (χ1v) is 8.18. The van der Waals surface area contributed by atoms with Crippen molar-refractivity contribution in [3.05, 3.63) is 65.2 Å². The summed E-state index contributed by atoms with van der Waals surface area (Å²) in [5.41, 5.74) is 1.92. The predicted molar refractivity (Wildman–Crippen MR) is 95.9 cm³/mol. The maximum absolute atomic E-state index is 13.5. The highest BCUT2D eigenvalue weighted by molar-refractivity contribution is 5.94. The van der Waals surface area contributed by atoms with Crippen molar-refractivity contribution in [1.82, 2.24) is 25.3 Å². The molecule has 0 fully saturated rings. The van der Waals surface area contributed by atoms with Gasteiger partial charge in [-0.05, 0) is 44.2 Å². The third kappa shape index (κ3) is 4.02. The molecule has 7 nitrogen and oxygen atoms in total. The summed E-state index contributed by atoms with van der Waals surface area (Å²) in [4.78, 5) is 11.9. The number of benzene rings is 1. The minimum atomic E-state index is -0.538. The van der Waals surface area contributed by atoms with E-state index < -0.39 is 11.7 Å². The van der Waals surface area contributed by atoms with Gasteiger partial charge in [0, 0.05) is 18.8 Å². The summed E-state index contributed by atoms with van der Waals surface area (Å²) < 4.78 is 15.2. The van der Waals surface area contributed by atoms with Gasteiger partial charge < -0.3 is 10.6 Å². The molecule has 0 saturated carbocycles. The fourth-order valence-corrected chi connectivity index (χ4v) is 2.50. The number of aromatic nitrogens is 4. The van der Waals surface area contributed by atoms with Gasteiger partial charge in [-0.3, -0.25) is 4.79 Å². The first kappa shape index (κ1) is 17.5. The molecule has 0 saturated heterocycles. The second kappa shape index (κ2) is 7.73. The third-order valence-corrected chi connectivity index (χ3v) is 3.71. The number of nitrogens with one attached hydrogen (secondary N) is 2. The predicted octanol–water partition coefficient (Wildman–Crippen LogP) is 2.26. The molecule has 1 amide bonds. The molecule has 0 atom stereocenters. The molecule has 26 heavy (non-hydrogen) atoms. The van der Waals surface area contributed by atoms with Crippen LogP contribution < -0.4 is 10.6 Å². The number of aryl methyl sites for hydroxylation is 2. The third-order valence-electron chi connectivity index (χ3n) is 3.71. The average molecular weight is 354 g/mol. The van der Waals surface area contributed by atoms with Crippen LogP contribution in [0.3, 0.4) is 0 Å². The molecule has 0 unspecified atom stereocenters. The van der Waals surface area contributed by atoms with Crippen LogP contribution in [0.4, 0.5) is 10.2 Å². The van der Waals surface area contributed by atoms with Crippen molar-refractivity contribution in [1.29, 1.82) is 0 Å². The monoisotopic (exact) mass is 354 g/mol. The molecule has 0 aliphatic heterocycles. The van der Waals surface area contributed by atoms with Gasteiger partial charge in [0.05, 0.1) is 11.3 Å². The molecule has 134 valence electrons. The number of hydrogen-bond acceptors (Lipinski definition) is 5. The molecule has 2 aromatic heterocycles. The zero-order valence-corrected chi connectivity index (χ0v) is 14.5. The maximum atomic E-state index is 13.5. The van der Waals surface area contributed by atoms with Gasteiger partial charge in [0.2, 0.25) is 0 Å². The molecule has 0 aliphatic rings. The lowest BCUT2D eigenvalue weighted by molar-refractivity contribution is 0.0951. The minimum Gasteiger partial charge on any atom is -0.367 e. The van der Waals surface area contributed by atoms with Crippen molar-refractivity contribution in [2.24, 2.45) is 0 Å². The van der Waals surface area contributed by atoms with Gasteiger partial charge in [0.15, 0.2) is 5.82 Å². The first-order valence-electron chi connectivity index (χ1n) is 8.18. The molecular formula is C18H19FN6O. The van der Waals surface area contributed by atoms with Crippen molar-refractivity contribution >= 4 is 11.7 Å². The van der Waals surface area contributed by atoms with Crippen LogP contribution in [0.15, 0.2) is 42.5 Å². The quantitative estimate of drug-likeness (QED) is 0.663. The number of carbonyl (C=O) groups excluding carboxylic acids is 1. The van der Waals surface area contributed by atoms with Crippen molar-refractivity contribution in [3.8, 4) is 5.82 Å². The summed E-state index contributed by atoms with van der Waals surface area (Å²) in [6.45, 7) is 4.64. The summed E-state index contributed by atoms with van der Waals surface area (Å²) in [7, 11) is 0. The van der Waals surface area contributed by atoms with Gasteiger partial charge in [-0.1, -0.05) is 12.1 Å². The van der Waals surface area contributed by atoms with E-state index in [0.717, 1.165) is 11.4 Å².